The van der Waals surface area contributed by atoms with Crippen LogP contribution in [0.3, 0.4) is 0 Å². The van der Waals surface area contributed by atoms with E-state index in [0.717, 1.165) is 23.9 Å². The Kier molecular flexibility index (Phi) is 4.23. The van der Waals surface area contributed by atoms with E-state index < -0.39 is 5.60 Å². The lowest BCUT2D eigenvalue weighted by Gasteiger charge is -2.25. The average molecular weight is 374 g/mol. The van der Waals surface area contributed by atoms with E-state index in [1.165, 1.54) is 0 Å². The highest BCUT2D eigenvalue weighted by atomic mass is 35.5. The number of hydrogen-bond acceptors (Lipinski definition) is 4. The van der Waals surface area contributed by atoms with Gasteiger partial charge in [0.2, 0.25) is 0 Å². The lowest BCUT2D eigenvalue weighted by Crippen LogP contribution is -2.36. The molecule has 2 aromatic rings. The molecular formula is C19H20ClN3O3. The molecule has 2 aliphatic heterocycles. The van der Waals surface area contributed by atoms with Gasteiger partial charge in [-0.25, -0.2) is 4.79 Å². The first-order chi connectivity index (χ1) is 12.5. The van der Waals surface area contributed by atoms with Crippen LogP contribution in [0.25, 0.3) is 10.9 Å². The van der Waals surface area contributed by atoms with Crippen LogP contribution in [0.4, 0.5) is 4.79 Å². The van der Waals surface area contributed by atoms with E-state index in [-0.39, 0.29) is 12.0 Å². The molecule has 3 heterocycles. The van der Waals surface area contributed by atoms with Crippen LogP contribution >= 0.6 is 11.6 Å². The molecule has 26 heavy (non-hydrogen) atoms. The van der Waals surface area contributed by atoms with Gasteiger partial charge in [-0.1, -0.05) is 23.7 Å². The molecule has 1 spiro atoms. The Morgan fingerprint density at radius 1 is 1.35 bits per heavy atom. The second kappa shape index (κ2) is 6.43. The van der Waals surface area contributed by atoms with Crippen molar-refractivity contribution >= 4 is 34.5 Å². The van der Waals surface area contributed by atoms with Gasteiger partial charge >= 0.3 is 6.09 Å². The normalized spacial score (nSPS) is 23.0. The fourth-order valence-electron chi connectivity index (χ4n) is 3.84. The Hall–Kier alpha value is -2.34. The molecule has 0 unspecified atom stereocenters. The van der Waals surface area contributed by atoms with Crippen molar-refractivity contribution in [3.8, 4) is 0 Å². The zero-order valence-electron chi connectivity index (χ0n) is 14.5. The van der Waals surface area contributed by atoms with Crippen molar-refractivity contribution < 1.29 is 14.3 Å². The number of ether oxygens (including phenoxy) is 1. The van der Waals surface area contributed by atoms with Gasteiger partial charge in [-0.15, -0.1) is 0 Å². The summed E-state index contributed by atoms with van der Waals surface area (Å²) in [6, 6.07) is 7.31. The monoisotopic (exact) mass is 373 g/mol. The van der Waals surface area contributed by atoms with Crippen molar-refractivity contribution in [3.63, 3.8) is 0 Å². The summed E-state index contributed by atoms with van der Waals surface area (Å²) in [5, 5.41) is 4.04. The van der Waals surface area contributed by atoms with E-state index in [2.05, 4.69) is 10.3 Å². The Labute approximate surface area is 156 Å². The minimum Gasteiger partial charge on any atom is -0.441 e. The molecule has 1 aromatic carbocycles. The SMILES string of the molecule is Cc1cc(C(=O)N2CCC[C@@]3(CC2)CNC(=O)O3)c2cccc(Cl)c2n1. The fourth-order valence-corrected chi connectivity index (χ4v) is 4.06. The van der Waals surface area contributed by atoms with Gasteiger partial charge in [0, 0.05) is 30.6 Å². The summed E-state index contributed by atoms with van der Waals surface area (Å²) >= 11 is 6.27. The molecular weight excluding hydrogens is 354 g/mol. The number of hydrogen-bond donors (Lipinski definition) is 1. The van der Waals surface area contributed by atoms with Crippen molar-refractivity contribution in [2.75, 3.05) is 19.6 Å². The maximum atomic E-state index is 13.2. The number of rotatable bonds is 1. The average Bonchev–Trinajstić information content (AvgIpc) is 2.85. The number of para-hydroxylation sites is 1. The first-order valence-corrected chi connectivity index (χ1v) is 9.17. The molecule has 0 saturated carbocycles. The fraction of sp³-hybridized carbons (Fsp3) is 0.421. The largest absolute Gasteiger partial charge is 0.441 e. The van der Waals surface area contributed by atoms with Crippen LogP contribution in [0.1, 0.15) is 35.3 Å². The number of pyridine rings is 1. The van der Waals surface area contributed by atoms with Crippen molar-refractivity contribution in [1.82, 2.24) is 15.2 Å². The second-order valence-corrected chi connectivity index (χ2v) is 7.43. The second-order valence-electron chi connectivity index (χ2n) is 7.02. The van der Waals surface area contributed by atoms with Crippen LogP contribution < -0.4 is 5.32 Å². The van der Waals surface area contributed by atoms with Gasteiger partial charge in [0.25, 0.3) is 5.91 Å². The molecule has 0 aliphatic carbocycles. The zero-order chi connectivity index (χ0) is 18.3. The number of carbonyl (C=O) groups excluding carboxylic acids is 2. The van der Waals surface area contributed by atoms with Gasteiger partial charge in [-0.2, -0.15) is 0 Å². The summed E-state index contributed by atoms with van der Waals surface area (Å²) in [4.78, 5) is 31.0. The van der Waals surface area contributed by atoms with E-state index in [1.807, 2.05) is 30.0 Å². The number of alkyl carbamates (subject to hydrolysis) is 1. The third kappa shape index (κ3) is 2.98. The third-order valence-electron chi connectivity index (χ3n) is 5.20. The number of nitrogens with zero attached hydrogens (tertiary/aromatic N) is 2. The maximum Gasteiger partial charge on any atom is 0.407 e. The summed E-state index contributed by atoms with van der Waals surface area (Å²) in [7, 11) is 0. The highest BCUT2D eigenvalue weighted by molar-refractivity contribution is 6.35. The molecule has 7 heteroatoms. The number of amides is 2. The quantitative estimate of drug-likeness (QED) is 0.832. The van der Waals surface area contributed by atoms with Crippen molar-refractivity contribution in [1.29, 1.82) is 0 Å². The Morgan fingerprint density at radius 3 is 2.96 bits per heavy atom. The van der Waals surface area contributed by atoms with Gasteiger partial charge in [-0.05, 0) is 31.9 Å². The Bertz CT molecular complexity index is 901. The maximum absolute atomic E-state index is 13.2. The minimum absolute atomic E-state index is 0.0305. The molecule has 136 valence electrons. The summed E-state index contributed by atoms with van der Waals surface area (Å²) < 4.78 is 5.49. The number of fused-ring (bicyclic) bond motifs is 1. The van der Waals surface area contributed by atoms with E-state index in [1.54, 1.807) is 6.07 Å². The van der Waals surface area contributed by atoms with Crippen LogP contribution in [-0.4, -0.2) is 47.1 Å². The van der Waals surface area contributed by atoms with Crippen LogP contribution in [0.5, 0.6) is 0 Å². The van der Waals surface area contributed by atoms with Crippen molar-refractivity contribution in [2.45, 2.75) is 31.8 Å². The number of benzene rings is 1. The standard InChI is InChI=1S/C19H20ClN3O3/c1-12-10-14(13-4-2-5-15(20)16(13)22-12)17(24)23-8-3-6-19(7-9-23)11-21-18(25)26-19/h2,4-5,10H,3,6-9,11H2,1H3,(H,21,25)/t19-/m1/s1. The zero-order valence-corrected chi connectivity index (χ0v) is 15.3. The van der Waals surface area contributed by atoms with E-state index in [9.17, 15) is 9.59 Å². The summed E-state index contributed by atoms with van der Waals surface area (Å²) in [5.41, 5.74) is 1.55. The molecule has 4 rings (SSSR count). The van der Waals surface area contributed by atoms with Gasteiger partial charge in [0.1, 0.15) is 5.60 Å². The van der Waals surface area contributed by atoms with Gasteiger partial charge in [0.15, 0.2) is 0 Å². The molecule has 2 saturated heterocycles. The van der Waals surface area contributed by atoms with Crippen molar-refractivity contribution in [2.24, 2.45) is 0 Å². The molecule has 2 aliphatic rings. The topological polar surface area (TPSA) is 71.5 Å². The predicted molar refractivity (Wildman–Crippen MR) is 98.5 cm³/mol. The number of nitrogens with one attached hydrogen (secondary N) is 1. The highest BCUT2D eigenvalue weighted by Crippen LogP contribution is 2.31. The van der Waals surface area contributed by atoms with E-state index >= 15 is 0 Å². The van der Waals surface area contributed by atoms with E-state index in [4.69, 9.17) is 16.3 Å². The minimum atomic E-state index is -0.481. The number of aryl methyl sites for hydroxylation is 1. The number of aromatic nitrogens is 1. The first-order valence-electron chi connectivity index (χ1n) is 8.79. The third-order valence-corrected chi connectivity index (χ3v) is 5.50. The first kappa shape index (κ1) is 17.1. The van der Waals surface area contributed by atoms with Gasteiger partial charge < -0.3 is 15.0 Å². The van der Waals surface area contributed by atoms with E-state index in [0.29, 0.717) is 42.2 Å². The molecule has 0 bridgehead atoms. The summed E-state index contributed by atoms with van der Waals surface area (Å²) in [6.07, 6.45) is 1.83. The lowest BCUT2D eigenvalue weighted by atomic mass is 9.95. The van der Waals surface area contributed by atoms with Crippen LogP contribution in [0, 0.1) is 6.92 Å². The molecule has 0 radical (unpaired) electrons. The van der Waals surface area contributed by atoms with Gasteiger partial charge in [-0.3, -0.25) is 9.78 Å². The Morgan fingerprint density at radius 2 is 2.19 bits per heavy atom. The smallest absolute Gasteiger partial charge is 0.407 e. The van der Waals surface area contributed by atoms with Crippen LogP contribution in [-0.2, 0) is 4.74 Å². The molecule has 1 atom stereocenters. The van der Waals surface area contributed by atoms with Crippen LogP contribution in [0.2, 0.25) is 5.02 Å². The lowest BCUT2D eigenvalue weighted by molar-refractivity contribution is 0.0439. The van der Waals surface area contributed by atoms with Crippen LogP contribution in [0.15, 0.2) is 24.3 Å². The van der Waals surface area contributed by atoms with Crippen molar-refractivity contribution in [3.05, 3.63) is 40.5 Å². The number of halogens is 1. The highest BCUT2D eigenvalue weighted by Gasteiger charge is 2.42. The number of likely N-dealkylation sites (tertiary alicyclic amines) is 1. The molecule has 2 amide bonds. The predicted octanol–water partition coefficient (Wildman–Crippen LogP) is 3.30. The summed E-state index contributed by atoms with van der Waals surface area (Å²) in [6.45, 7) is 3.57. The summed E-state index contributed by atoms with van der Waals surface area (Å²) in [5.74, 6) is -0.0305. The Balaban J connectivity index is 1.63. The molecule has 2 fully saturated rings. The molecule has 1 N–H and O–H groups in total. The molecule has 6 nitrogen and oxygen atoms in total. The molecule has 1 aromatic heterocycles. The number of carbonyl (C=O) groups is 2. The van der Waals surface area contributed by atoms with Gasteiger partial charge in [0.05, 0.1) is 22.6 Å².